The van der Waals surface area contributed by atoms with Crippen LogP contribution in [0, 0.1) is 35.5 Å². The number of allylic oxidation sites excluding steroid dienone is 6. The van der Waals surface area contributed by atoms with Crippen LogP contribution in [0.5, 0.6) is 0 Å². The van der Waals surface area contributed by atoms with Gasteiger partial charge in [0.2, 0.25) is 5.91 Å². The standard InChI is InChI=1S/C50H79NO12/c1-30-15-11-10-12-16-31(2)42(60-8)27-38-20-18-36(7)50(59,63-38)29-45(54)51-22-14-13-17-39(51)49(58)62-43(33(4)25-37-19-21-40(52)44(26-37)61-9)28-41(53)32(3)24-35(6)47(56)48(57)46(55)34(5)23-30/h10-12,15-16,24,30,32-34,36-40,42-44,47-48,52,56-57,59H,13-14,17-23,25-29H2,1-9H3/b12-10+,15-11-,31-16+,35-24+/t30-,32-,33-,34-,36-,37?,38+,39+,40+,42+,43+,44+,47-,48+,50+/m1/s1. The summed E-state index contributed by atoms with van der Waals surface area (Å²) in [5, 5.41) is 44.6. The number of ether oxygens (including phenoxy) is 4. The molecule has 1 amide bonds. The van der Waals surface area contributed by atoms with Gasteiger partial charge in [-0.2, -0.15) is 0 Å². The van der Waals surface area contributed by atoms with E-state index in [9.17, 15) is 39.6 Å². The Balaban J connectivity index is 1.66. The number of methoxy groups -OCH3 is 2. The molecule has 4 rings (SSSR count). The van der Waals surface area contributed by atoms with Crippen LogP contribution < -0.4 is 0 Å². The second kappa shape index (κ2) is 24.5. The minimum absolute atomic E-state index is 0.00663. The lowest BCUT2D eigenvalue weighted by molar-refractivity contribution is -0.284. The summed E-state index contributed by atoms with van der Waals surface area (Å²) in [6.45, 7) is 13.0. The molecule has 0 aromatic carbocycles. The molecule has 4 aliphatic rings. The maximum Gasteiger partial charge on any atom is 0.329 e. The second-order valence-corrected chi connectivity index (χ2v) is 19.5. The SMILES string of the molecule is CO[C@H]1C[C@@H]2CC[C@@H](C)[C@](O)(CC(=O)N3CCCC[C@H]3C(=O)O[C@H]([C@H](C)CC3CC[C@H](O)[C@@H](OC)C3)CC(=O)[C@H](C)/C=C(\C)[C@@H](O)[C@@H](O)C(=O)[C@H](C)C[C@H](C)\C=C/C=C/C=C/1C)O2. The Morgan fingerprint density at radius 3 is 2.29 bits per heavy atom. The van der Waals surface area contributed by atoms with Gasteiger partial charge in [0.1, 0.15) is 30.1 Å². The van der Waals surface area contributed by atoms with Crippen molar-refractivity contribution in [1.82, 2.24) is 4.90 Å². The molecule has 3 fully saturated rings. The Bertz CT molecular complexity index is 1660. The summed E-state index contributed by atoms with van der Waals surface area (Å²) in [6, 6.07) is -0.916. The zero-order chi connectivity index (χ0) is 46.6. The molecule has 63 heavy (non-hydrogen) atoms. The molecule has 13 heteroatoms. The lowest BCUT2D eigenvalue weighted by atomic mass is 9.78. The molecule has 4 N–H and O–H groups in total. The molecule has 15 atom stereocenters. The highest BCUT2D eigenvalue weighted by Gasteiger charge is 2.46. The first-order valence-electron chi connectivity index (χ1n) is 23.5. The third kappa shape index (κ3) is 14.7. The predicted molar refractivity (Wildman–Crippen MR) is 240 cm³/mol. The first-order valence-corrected chi connectivity index (χ1v) is 23.5. The van der Waals surface area contributed by atoms with Crippen molar-refractivity contribution in [3.8, 4) is 0 Å². The molecule has 13 nitrogen and oxygen atoms in total. The van der Waals surface area contributed by atoms with E-state index in [1.165, 1.54) is 4.90 Å². The van der Waals surface area contributed by atoms with Gasteiger partial charge in [0, 0.05) is 51.4 Å². The highest BCUT2D eigenvalue weighted by molar-refractivity contribution is 5.87. The number of carbonyl (C=O) groups excluding carboxylic acids is 4. The Labute approximate surface area is 376 Å². The molecular weight excluding hydrogens is 807 g/mol. The van der Waals surface area contributed by atoms with Crippen LogP contribution in [0.25, 0.3) is 0 Å². The molecule has 2 bridgehead atoms. The van der Waals surface area contributed by atoms with Gasteiger partial charge in [-0.25, -0.2) is 4.79 Å². The van der Waals surface area contributed by atoms with Gasteiger partial charge in [-0.05, 0) is 107 Å². The molecular formula is C50H79NO12. The number of hydrogen-bond acceptors (Lipinski definition) is 12. The molecule has 1 aliphatic carbocycles. The van der Waals surface area contributed by atoms with Crippen LogP contribution in [-0.4, -0.2) is 124 Å². The number of Topliss-reactive ketones (excluding diaryl/α,β-unsaturated/α-hetero) is 2. The maximum atomic E-state index is 14.3. The number of carbonyl (C=O) groups is 4. The van der Waals surface area contributed by atoms with Crippen molar-refractivity contribution in [2.45, 2.75) is 186 Å². The fourth-order valence-corrected chi connectivity index (χ4v) is 9.99. The van der Waals surface area contributed by atoms with Crippen LogP contribution in [0.2, 0.25) is 0 Å². The number of cyclic esters (lactones) is 1. The number of esters is 1. The first kappa shape index (κ1) is 52.6. The van der Waals surface area contributed by atoms with Crippen LogP contribution in [0.1, 0.15) is 132 Å². The summed E-state index contributed by atoms with van der Waals surface area (Å²) in [6.07, 6.45) is 11.6. The highest BCUT2D eigenvalue weighted by atomic mass is 16.6. The van der Waals surface area contributed by atoms with Crippen molar-refractivity contribution >= 4 is 23.4 Å². The summed E-state index contributed by atoms with van der Waals surface area (Å²) in [4.78, 5) is 57.4. The van der Waals surface area contributed by atoms with Gasteiger partial charge in [0.15, 0.2) is 11.6 Å². The molecule has 3 heterocycles. The number of hydrogen-bond donors (Lipinski definition) is 4. The molecule has 0 aromatic rings. The summed E-state index contributed by atoms with van der Waals surface area (Å²) in [5.74, 6) is -5.30. The summed E-state index contributed by atoms with van der Waals surface area (Å²) < 4.78 is 24.1. The van der Waals surface area contributed by atoms with Crippen LogP contribution in [-0.2, 0) is 38.1 Å². The number of fused-ring (bicyclic) bond motifs is 3. The zero-order valence-electron chi connectivity index (χ0n) is 39.4. The molecule has 1 saturated carbocycles. The number of ketones is 2. The van der Waals surface area contributed by atoms with Crippen molar-refractivity contribution in [1.29, 1.82) is 0 Å². The fraction of sp³-hybridized carbons (Fsp3) is 0.760. The van der Waals surface area contributed by atoms with E-state index in [1.807, 2.05) is 58.1 Å². The summed E-state index contributed by atoms with van der Waals surface area (Å²) in [7, 11) is 3.21. The van der Waals surface area contributed by atoms with E-state index in [2.05, 4.69) is 0 Å². The summed E-state index contributed by atoms with van der Waals surface area (Å²) in [5.41, 5.74) is 1.23. The second-order valence-electron chi connectivity index (χ2n) is 19.5. The van der Waals surface area contributed by atoms with E-state index in [0.717, 1.165) is 12.0 Å². The molecule has 0 aromatic heterocycles. The first-order chi connectivity index (χ1) is 29.8. The van der Waals surface area contributed by atoms with Crippen LogP contribution in [0.15, 0.2) is 47.6 Å². The number of piperidine rings is 1. The Kier molecular flexibility index (Phi) is 20.4. The van der Waals surface area contributed by atoms with Crippen LogP contribution >= 0.6 is 0 Å². The van der Waals surface area contributed by atoms with Gasteiger partial charge in [-0.3, -0.25) is 14.4 Å². The van der Waals surface area contributed by atoms with Gasteiger partial charge >= 0.3 is 5.97 Å². The third-order valence-corrected chi connectivity index (χ3v) is 14.3. The summed E-state index contributed by atoms with van der Waals surface area (Å²) >= 11 is 0. The molecule has 1 unspecified atom stereocenters. The molecule has 3 aliphatic heterocycles. The topological polar surface area (TPSA) is 189 Å². The van der Waals surface area contributed by atoms with E-state index >= 15 is 0 Å². The normalized spacial score (nSPS) is 41.3. The minimum atomic E-state index is -1.75. The lowest BCUT2D eigenvalue weighted by Gasteiger charge is -2.44. The van der Waals surface area contributed by atoms with Crippen LogP contribution in [0.4, 0.5) is 0 Å². The van der Waals surface area contributed by atoms with Crippen molar-refractivity contribution in [3.63, 3.8) is 0 Å². The Morgan fingerprint density at radius 2 is 1.59 bits per heavy atom. The average molecular weight is 886 g/mol. The van der Waals surface area contributed by atoms with E-state index in [4.69, 9.17) is 18.9 Å². The molecule has 2 saturated heterocycles. The van der Waals surface area contributed by atoms with Gasteiger partial charge in [0.05, 0.1) is 30.8 Å². The van der Waals surface area contributed by atoms with Crippen molar-refractivity contribution < 1.29 is 58.6 Å². The van der Waals surface area contributed by atoms with Crippen molar-refractivity contribution in [2.75, 3.05) is 20.8 Å². The zero-order valence-corrected chi connectivity index (χ0v) is 39.4. The monoisotopic (exact) mass is 886 g/mol. The quantitative estimate of drug-likeness (QED) is 0.177. The van der Waals surface area contributed by atoms with Crippen molar-refractivity contribution in [2.24, 2.45) is 35.5 Å². The van der Waals surface area contributed by atoms with Gasteiger partial charge < -0.3 is 44.3 Å². The predicted octanol–water partition coefficient (Wildman–Crippen LogP) is 6.35. The molecule has 0 radical (unpaired) electrons. The lowest BCUT2D eigenvalue weighted by Crippen LogP contribution is -2.55. The number of aliphatic hydroxyl groups is 4. The average Bonchev–Trinajstić information content (AvgIpc) is 3.25. The number of nitrogens with zero attached hydrogens (tertiary/aromatic N) is 1. The fourth-order valence-electron chi connectivity index (χ4n) is 9.99. The Hall–Kier alpha value is -3.04. The number of amides is 1. The third-order valence-electron chi connectivity index (χ3n) is 14.3. The molecule has 0 spiro atoms. The van der Waals surface area contributed by atoms with E-state index in [0.29, 0.717) is 70.8 Å². The van der Waals surface area contributed by atoms with Gasteiger partial charge in [0.25, 0.3) is 0 Å². The Morgan fingerprint density at radius 1 is 0.857 bits per heavy atom. The smallest absolute Gasteiger partial charge is 0.329 e. The number of rotatable bonds is 5. The van der Waals surface area contributed by atoms with E-state index in [-0.39, 0.29) is 66.2 Å². The van der Waals surface area contributed by atoms with Crippen LogP contribution in [0.3, 0.4) is 0 Å². The number of aliphatic hydroxyl groups excluding tert-OH is 3. The highest BCUT2D eigenvalue weighted by Crippen LogP contribution is 2.39. The van der Waals surface area contributed by atoms with Gasteiger partial charge in [-0.1, -0.05) is 71.1 Å². The molecule has 356 valence electrons. The maximum absolute atomic E-state index is 14.3. The van der Waals surface area contributed by atoms with E-state index < -0.39 is 65.7 Å². The van der Waals surface area contributed by atoms with Crippen molar-refractivity contribution in [3.05, 3.63) is 47.6 Å². The van der Waals surface area contributed by atoms with E-state index in [1.54, 1.807) is 41.1 Å². The minimum Gasteiger partial charge on any atom is -0.460 e. The largest absolute Gasteiger partial charge is 0.460 e. The van der Waals surface area contributed by atoms with Gasteiger partial charge in [-0.15, -0.1) is 0 Å².